The maximum atomic E-state index is 13.1. The summed E-state index contributed by atoms with van der Waals surface area (Å²) in [7, 11) is -2.57. The van der Waals surface area contributed by atoms with E-state index in [1.165, 1.54) is 37.0 Å². The number of hydrogen-bond donors (Lipinski definition) is 1. The number of rotatable bonds is 6. The van der Waals surface area contributed by atoms with Crippen LogP contribution in [0.2, 0.25) is 0 Å². The second kappa shape index (κ2) is 7.94. The van der Waals surface area contributed by atoms with E-state index in [9.17, 15) is 22.0 Å². The smallest absolute Gasteiger partial charge is 0.243 e. The van der Waals surface area contributed by atoms with E-state index in [4.69, 9.17) is 0 Å². The third kappa shape index (κ3) is 4.77. The number of halogens is 2. The summed E-state index contributed by atoms with van der Waals surface area (Å²) >= 11 is 1.48. The summed E-state index contributed by atoms with van der Waals surface area (Å²) in [4.78, 5) is 12.9. The Labute approximate surface area is 149 Å². The highest BCUT2D eigenvalue weighted by Crippen LogP contribution is 2.20. The Morgan fingerprint density at radius 1 is 1.12 bits per heavy atom. The number of carbonyl (C=O) groups excluding carboxylic acids is 1. The predicted octanol–water partition coefficient (Wildman–Crippen LogP) is 2.95. The summed E-state index contributed by atoms with van der Waals surface area (Å²) in [5.74, 6) is -2.81. The van der Waals surface area contributed by atoms with Gasteiger partial charge in [-0.3, -0.25) is 4.79 Å². The standard InChI is InChI=1S/C16H16F2N2O3S2/c1-20(25(22,23)13-6-4-12(24-2)5-7-13)10-16(21)19-11-3-8-14(17)15(18)9-11/h3-9H,10H2,1-2H3,(H,19,21). The molecular weight excluding hydrogens is 370 g/mol. The third-order valence-electron chi connectivity index (χ3n) is 3.34. The number of anilines is 1. The number of nitrogens with one attached hydrogen (secondary N) is 1. The van der Waals surface area contributed by atoms with Crippen LogP contribution >= 0.6 is 11.8 Å². The van der Waals surface area contributed by atoms with Crippen LogP contribution < -0.4 is 5.32 Å². The second-order valence-corrected chi connectivity index (χ2v) is 8.04. The first-order valence-corrected chi connectivity index (χ1v) is 9.76. The van der Waals surface area contributed by atoms with Gasteiger partial charge in [-0.2, -0.15) is 4.31 Å². The molecule has 5 nitrogen and oxygen atoms in total. The molecule has 0 aromatic heterocycles. The summed E-state index contributed by atoms with van der Waals surface area (Å²) in [6.07, 6.45) is 1.87. The van der Waals surface area contributed by atoms with Crippen molar-refractivity contribution in [3.05, 3.63) is 54.1 Å². The molecule has 2 aromatic carbocycles. The lowest BCUT2D eigenvalue weighted by molar-refractivity contribution is -0.116. The normalized spacial score (nSPS) is 11.6. The van der Waals surface area contributed by atoms with E-state index in [0.29, 0.717) is 0 Å². The van der Waals surface area contributed by atoms with Crippen LogP contribution in [0.1, 0.15) is 0 Å². The minimum Gasteiger partial charge on any atom is -0.325 e. The summed E-state index contributed by atoms with van der Waals surface area (Å²) in [5, 5.41) is 2.33. The van der Waals surface area contributed by atoms with Gasteiger partial charge in [-0.05, 0) is 42.7 Å². The molecule has 2 rings (SSSR count). The van der Waals surface area contributed by atoms with Gasteiger partial charge in [-0.1, -0.05) is 0 Å². The fraction of sp³-hybridized carbons (Fsp3) is 0.188. The highest BCUT2D eigenvalue weighted by molar-refractivity contribution is 7.98. The van der Waals surface area contributed by atoms with Gasteiger partial charge in [0.1, 0.15) is 0 Å². The second-order valence-electron chi connectivity index (χ2n) is 5.11. The number of benzene rings is 2. The van der Waals surface area contributed by atoms with Gasteiger partial charge in [-0.25, -0.2) is 17.2 Å². The Bertz CT molecular complexity index is 871. The van der Waals surface area contributed by atoms with Crippen molar-refractivity contribution < 1.29 is 22.0 Å². The van der Waals surface area contributed by atoms with Crippen LogP contribution in [0.4, 0.5) is 14.5 Å². The molecule has 0 aliphatic heterocycles. The monoisotopic (exact) mass is 386 g/mol. The van der Waals surface area contributed by atoms with Gasteiger partial charge in [0, 0.05) is 23.7 Å². The summed E-state index contributed by atoms with van der Waals surface area (Å²) in [6, 6.07) is 9.16. The maximum absolute atomic E-state index is 13.1. The highest BCUT2D eigenvalue weighted by Gasteiger charge is 2.23. The van der Waals surface area contributed by atoms with Crippen molar-refractivity contribution in [3.63, 3.8) is 0 Å². The zero-order chi connectivity index (χ0) is 18.6. The Morgan fingerprint density at radius 2 is 1.76 bits per heavy atom. The number of nitrogens with zero attached hydrogens (tertiary/aromatic N) is 1. The van der Waals surface area contributed by atoms with Crippen molar-refractivity contribution in [1.82, 2.24) is 4.31 Å². The molecule has 0 saturated carbocycles. The fourth-order valence-electron chi connectivity index (χ4n) is 1.99. The third-order valence-corrected chi connectivity index (χ3v) is 5.90. The number of likely N-dealkylation sites (N-methyl/N-ethyl adjacent to an activating group) is 1. The Hall–Kier alpha value is -1.97. The first-order valence-electron chi connectivity index (χ1n) is 7.09. The van der Waals surface area contributed by atoms with E-state index in [1.54, 1.807) is 12.1 Å². The lowest BCUT2D eigenvalue weighted by Crippen LogP contribution is -2.35. The van der Waals surface area contributed by atoms with Gasteiger partial charge in [-0.15, -0.1) is 11.8 Å². The van der Waals surface area contributed by atoms with Crippen LogP contribution in [0, 0.1) is 11.6 Å². The topological polar surface area (TPSA) is 66.5 Å². The first-order chi connectivity index (χ1) is 11.7. The average Bonchev–Trinajstić information content (AvgIpc) is 2.58. The molecule has 0 aliphatic carbocycles. The van der Waals surface area contributed by atoms with Gasteiger partial charge < -0.3 is 5.32 Å². The van der Waals surface area contributed by atoms with Crippen molar-refractivity contribution in [3.8, 4) is 0 Å². The largest absolute Gasteiger partial charge is 0.325 e. The maximum Gasteiger partial charge on any atom is 0.243 e. The number of thioether (sulfide) groups is 1. The molecule has 0 aliphatic rings. The number of sulfonamides is 1. The van der Waals surface area contributed by atoms with Crippen molar-refractivity contribution in [2.45, 2.75) is 9.79 Å². The van der Waals surface area contributed by atoms with E-state index in [-0.39, 0.29) is 10.6 Å². The Balaban J connectivity index is 2.07. The molecule has 1 amide bonds. The van der Waals surface area contributed by atoms with Gasteiger partial charge in [0.15, 0.2) is 11.6 Å². The van der Waals surface area contributed by atoms with E-state index < -0.39 is 34.1 Å². The molecule has 0 radical (unpaired) electrons. The van der Waals surface area contributed by atoms with Crippen molar-refractivity contribution in [1.29, 1.82) is 0 Å². The van der Waals surface area contributed by atoms with Gasteiger partial charge in [0.25, 0.3) is 0 Å². The molecule has 0 unspecified atom stereocenters. The van der Waals surface area contributed by atoms with Crippen LogP contribution in [0.5, 0.6) is 0 Å². The zero-order valence-electron chi connectivity index (χ0n) is 13.5. The molecule has 2 aromatic rings. The summed E-state index contributed by atoms with van der Waals surface area (Å²) < 4.78 is 51.8. The molecule has 0 spiro atoms. The average molecular weight is 386 g/mol. The highest BCUT2D eigenvalue weighted by atomic mass is 32.2. The van der Waals surface area contributed by atoms with E-state index in [2.05, 4.69) is 5.32 Å². The molecule has 1 N–H and O–H groups in total. The van der Waals surface area contributed by atoms with E-state index in [1.807, 2.05) is 6.26 Å². The molecule has 0 bridgehead atoms. The molecule has 0 fully saturated rings. The minimum atomic E-state index is -3.84. The zero-order valence-corrected chi connectivity index (χ0v) is 15.1. The molecule has 0 saturated heterocycles. The predicted molar refractivity (Wildman–Crippen MR) is 93.0 cm³/mol. The SMILES string of the molecule is CSc1ccc(S(=O)(=O)N(C)CC(=O)Nc2ccc(F)c(F)c2)cc1. The Kier molecular flexibility index (Phi) is 6.15. The fourth-order valence-corrected chi connectivity index (χ4v) is 3.52. The van der Waals surface area contributed by atoms with Crippen LogP contribution in [0.3, 0.4) is 0 Å². The number of carbonyl (C=O) groups is 1. The molecule has 134 valence electrons. The molecular formula is C16H16F2N2O3S2. The molecule has 25 heavy (non-hydrogen) atoms. The minimum absolute atomic E-state index is 0.0408. The van der Waals surface area contributed by atoms with Gasteiger partial charge in [0.05, 0.1) is 11.4 Å². The van der Waals surface area contributed by atoms with Gasteiger partial charge >= 0.3 is 0 Å². The Morgan fingerprint density at radius 3 is 2.32 bits per heavy atom. The first kappa shape index (κ1) is 19.4. The van der Waals surface area contributed by atoms with Crippen LogP contribution in [-0.2, 0) is 14.8 Å². The van der Waals surface area contributed by atoms with Crippen LogP contribution in [-0.4, -0.2) is 38.5 Å². The van der Waals surface area contributed by atoms with E-state index in [0.717, 1.165) is 21.3 Å². The number of hydrogen-bond acceptors (Lipinski definition) is 4. The van der Waals surface area contributed by atoms with Gasteiger partial charge in [0.2, 0.25) is 15.9 Å². The molecule has 0 atom stereocenters. The van der Waals surface area contributed by atoms with E-state index >= 15 is 0 Å². The summed E-state index contributed by atoms with van der Waals surface area (Å²) in [5.41, 5.74) is 0.0408. The van der Waals surface area contributed by atoms with Crippen molar-refractivity contribution in [2.24, 2.45) is 0 Å². The summed E-state index contributed by atoms with van der Waals surface area (Å²) in [6.45, 7) is -0.467. The van der Waals surface area contributed by atoms with Crippen LogP contribution in [0.25, 0.3) is 0 Å². The molecule has 0 heterocycles. The molecule has 9 heteroatoms. The lowest BCUT2D eigenvalue weighted by Gasteiger charge is -2.17. The van der Waals surface area contributed by atoms with Crippen molar-refractivity contribution in [2.75, 3.05) is 25.2 Å². The van der Waals surface area contributed by atoms with Crippen molar-refractivity contribution >= 4 is 33.4 Å². The number of amides is 1. The van der Waals surface area contributed by atoms with Crippen LogP contribution in [0.15, 0.2) is 52.3 Å². The lowest BCUT2D eigenvalue weighted by atomic mass is 10.3. The quantitative estimate of drug-likeness (QED) is 0.776.